The smallest absolute Gasteiger partial charge is 0.274 e. The zero-order valence-corrected chi connectivity index (χ0v) is 15.9. The fraction of sp³-hybridized carbons (Fsp3) is 0.308. The van der Waals surface area contributed by atoms with E-state index in [1.165, 1.54) is 6.92 Å². The number of halogens is 4. The van der Waals surface area contributed by atoms with Gasteiger partial charge in [0.2, 0.25) is 15.9 Å². The zero-order chi connectivity index (χ0) is 20.0. The minimum Gasteiger partial charge on any atom is -0.274 e. The van der Waals surface area contributed by atoms with Crippen LogP contribution in [0.3, 0.4) is 0 Å². The van der Waals surface area contributed by atoms with Gasteiger partial charge in [0, 0.05) is 6.92 Å². The predicted octanol–water partition coefficient (Wildman–Crippen LogP) is 2.36. The van der Waals surface area contributed by atoms with Crippen LogP contribution in [0.25, 0.3) is 5.69 Å². The molecule has 0 spiro atoms. The Morgan fingerprint density at radius 3 is 2.27 bits per heavy atom. The third-order valence-electron chi connectivity index (χ3n) is 3.26. The van der Waals surface area contributed by atoms with Crippen molar-refractivity contribution < 1.29 is 22.0 Å². The first-order valence-corrected chi connectivity index (χ1v) is 9.43. The number of hydrogen-bond acceptors (Lipinski definition) is 5. The number of benzene rings is 1. The molecule has 8 nitrogen and oxygen atoms in total. The Kier molecular flexibility index (Phi) is 5.45. The highest BCUT2D eigenvalue weighted by Crippen LogP contribution is 2.34. The first kappa shape index (κ1) is 20.3. The van der Waals surface area contributed by atoms with Crippen LogP contribution < -0.4 is 9.99 Å². The number of anilines is 1. The lowest BCUT2D eigenvalue weighted by atomic mass is 10.2. The summed E-state index contributed by atoms with van der Waals surface area (Å²) in [6, 6.07) is 2.09. The summed E-state index contributed by atoms with van der Waals surface area (Å²) in [5.41, 5.74) is -1.70. The van der Waals surface area contributed by atoms with Crippen LogP contribution in [0.4, 0.5) is 14.5 Å². The van der Waals surface area contributed by atoms with E-state index in [1.54, 1.807) is 0 Å². The van der Waals surface area contributed by atoms with E-state index in [9.17, 15) is 26.8 Å². The van der Waals surface area contributed by atoms with Crippen molar-refractivity contribution in [1.82, 2.24) is 14.3 Å². The van der Waals surface area contributed by atoms with Gasteiger partial charge in [0.25, 0.3) is 0 Å². The third-order valence-corrected chi connectivity index (χ3v) is 4.98. The molecule has 0 N–H and O–H groups in total. The second kappa shape index (κ2) is 6.97. The second-order valence-corrected chi connectivity index (χ2v) is 7.84. The van der Waals surface area contributed by atoms with Crippen LogP contribution in [0.5, 0.6) is 0 Å². The first-order valence-electron chi connectivity index (χ1n) is 6.82. The number of aryl methyl sites for hydroxylation is 1. The Morgan fingerprint density at radius 2 is 1.85 bits per heavy atom. The van der Waals surface area contributed by atoms with Crippen LogP contribution >= 0.6 is 23.2 Å². The largest absolute Gasteiger partial charge is 0.355 e. The first-order chi connectivity index (χ1) is 11.9. The maximum Gasteiger partial charge on any atom is 0.355 e. The highest BCUT2D eigenvalue weighted by atomic mass is 35.5. The average Bonchev–Trinajstić information content (AvgIpc) is 2.74. The number of aromatic nitrogens is 3. The minimum atomic E-state index is -4.05. The molecule has 0 saturated heterocycles. The van der Waals surface area contributed by atoms with E-state index in [2.05, 4.69) is 5.10 Å². The molecule has 2 aromatic rings. The lowest BCUT2D eigenvalue weighted by Gasteiger charge is -2.21. The average molecular weight is 429 g/mol. The van der Waals surface area contributed by atoms with Gasteiger partial charge in [-0.2, -0.15) is 13.5 Å². The number of hydrogen-bond donors (Lipinski definition) is 0. The lowest BCUT2D eigenvalue weighted by molar-refractivity contribution is -0.115. The Balaban J connectivity index is 2.80. The van der Waals surface area contributed by atoms with Gasteiger partial charge in [-0.15, -0.1) is 5.10 Å². The fourth-order valence-corrected chi connectivity index (χ4v) is 3.86. The van der Waals surface area contributed by atoms with Crippen LogP contribution in [0.2, 0.25) is 10.0 Å². The summed E-state index contributed by atoms with van der Waals surface area (Å²) >= 11 is 12.0. The number of nitrogens with zero attached hydrogens (tertiary/aromatic N) is 4. The standard InChI is InChI=1S/C13H12Cl2F2N4O4S/c1-6-18-20(13(23)19(6)12(16)17)10-5-11(9(15)4-8(10)14)21(7(2)22)26(3,24)25/h4-5,12H,1-3H3. The van der Waals surface area contributed by atoms with Crippen molar-refractivity contribution in [2.24, 2.45) is 0 Å². The summed E-state index contributed by atoms with van der Waals surface area (Å²) in [4.78, 5) is 23.9. The molecule has 0 fully saturated rings. The summed E-state index contributed by atoms with van der Waals surface area (Å²) in [6.07, 6.45) is 0.779. The molecule has 0 aliphatic heterocycles. The van der Waals surface area contributed by atoms with Gasteiger partial charge in [0.05, 0.1) is 27.7 Å². The lowest BCUT2D eigenvalue weighted by Crippen LogP contribution is -2.34. The molecular weight excluding hydrogens is 417 g/mol. The number of rotatable bonds is 4. The van der Waals surface area contributed by atoms with Crippen LogP contribution in [0.15, 0.2) is 16.9 Å². The molecule has 1 amide bonds. The molecule has 2 rings (SSSR count). The molecule has 0 unspecified atom stereocenters. The molecule has 142 valence electrons. The number of sulfonamides is 1. The van der Waals surface area contributed by atoms with Gasteiger partial charge in [-0.25, -0.2) is 22.1 Å². The van der Waals surface area contributed by atoms with Gasteiger partial charge >= 0.3 is 12.2 Å². The molecule has 0 aliphatic carbocycles. The number of carbonyl (C=O) groups excluding carboxylic acids is 1. The highest BCUT2D eigenvalue weighted by Gasteiger charge is 2.27. The molecule has 1 heterocycles. The van der Waals surface area contributed by atoms with Gasteiger partial charge in [-0.05, 0) is 19.1 Å². The van der Waals surface area contributed by atoms with E-state index in [0.717, 1.165) is 25.3 Å². The minimum absolute atomic E-state index is 0.129. The molecule has 0 bridgehead atoms. The van der Waals surface area contributed by atoms with Gasteiger partial charge in [-0.3, -0.25) is 4.79 Å². The maximum atomic E-state index is 13.0. The maximum absolute atomic E-state index is 13.0. The predicted molar refractivity (Wildman–Crippen MR) is 91.8 cm³/mol. The monoisotopic (exact) mass is 428 g/mol. The summed E-state index contributed by atoms with van der Waals surface area (Å²) in [5, 5.41) is 3.35. The van der Waals surface area contributed by atoms with Gasteiger partial charge in [0.15, 0.2) is 0 Å². The molecule has 1 aromatic heterocycles. The van der Waals surface area contributed by atoms with E-state index >= 15 is 0 Å². The Morgan fingerprint density at radius 1 is 1.27 bits per heavy atom. The molecule has 13 heteroatoms. The fourth-order valence-electron chi connectivity index (χ4n) is 2.28. The Hall–Kier alpha value is -1.98. The molecule has 0 aliphatic rings. The summed E-state index contributed by atoms with van der Waals surface area (Å²) in [7, 11) is -4.05. The van der Waals surface area contributed by atoms with E-state index in [-0.39, 0.29) is 31.8 Å². The van der Waals surface area contributed by atoms with Crippen molar-refractivity contribution in [3.63, 3.8) is 0 Å². The quantitative estimate of drug-likeness (QED) is 0.744. The molecular formula is C13H12Cl2F2N4O4S. The van der Waals surface area contributed by atoms with Crippen LogP contribution in [0, 0.1) is 6.92 Å². The molecule has 0 atom stereocenters. The number of carbonyl (C=O) groups is 1. The van der Waals surface area contributed by atoms with Crippen molar-refractivity contribution in [3.8, 4) is 5.69 Å². The van der Waals surface area contributed by atoms with Crippen molar-refractivity contribution in [3.05, 3.63) is 38.5 Å². The van der Waals surface area contributed by atoms with E-state index in [0.29, 0.717) is 8.99 Å². The van der Waals surface area contributed by atoms with Crippen molar-refractivity contribution in [1.29, 1.82) is 0 Å². The molecule has 26 heavy (non-hydrogen) atoms. The normalized spacial score (nSPS) is 11.8. The summed E-state index contributed by atoms with van der Waals surface area (Å²) in [6.45, 7) is -0.952. The van der Waals surface area contributed by atoms with Gasteiger partial charge in [0.1, 0.15) is 5.82 Å². The van der Waals surface area contributed by atoms with Crippen molar-refractivity contribution >= 4 is 44.8 Å². The zero-order valence-electron chi connectivity index (χ0n) is 13.6. The topological polar surface area (TPSA) is 94.3 Å². The third kappa shape index (κ3) is 3.60. The molecule has 0 saturated carbocycles. The van der Waals surface area contributed by atoms with E-state index < -0.39 is 28.2 Å². The van der Waals surface area contributed by atoms with E-state index in [4.69, 9.17) is 23.2 Å². The van der Waals surface area contributed by atoms with Gasteiger partial charge in [-0.1, -0.05) is 23.2 Å². The Labute approximate surface area is 156 Å². The number of alkyl halides is 2. The highest BCUT2D eigenvalue weighted by molar-refractivity contribution is 7.92. The Bertz CT molecular complexity index is 1050. The SMILES string of the molecule is CC(=O)N(c1cc(-n2nc(C)n(C(F)F)c2=O)c(Cl)cc1Cl)S(C)(=O)=O. The van der Waals surface area contributed by atoms with Crippen LogP contribution in [0.1, 0.15) is 19.3 Å². The second-order valence-electron chi connectivity index (χ2n) is 5.19. The van der Waals surface area contributed by atoms with Crippen LogP contribution in [-0.2, 0) is 14.8 Å². The number of amides is 1. The van der Waals surface area contributed by atoms with Crippen molar-refractivity contribution in [2.45, 2.75) is 20.4 Å². The van der Waals surface area contributed by atoms with Gasteiger partial charge < -0.3 is 0 Å². The van der Waals surface area contributed by atoms with E-state index in [1.807, 2.05) is 0 Å². The molecule has 0 radical (unpaired) electrons. The van der Waals surface area contributed by atoms with Crippen LogP contribution in [-0.4, -0.2) is 34.9 Å². The summed E-state index contributed by atoms with van der Waals surface area (Å²) < 4.78 is 50.9. The van der Waals surface area contributed by atoms with Crippen molar-refractivity contribution in [2.75, 3.05) is 10.6 Å². The summed E-state index contributed by atoms with van der Waals surface area (Å²) in [5.74, 6) is -1.16. The molecule has 1 aromatic carbocycles.